The number of nitrogens with two attached hydrogens (primary N) is 1. The number of halogens is 1. The Labute approximate surface area is 156 Å². The molecular weight excluding hydrogens is 338 g/mol. The molecule has 2 amide bonds. The van der Waals surface area contributed by atoms with Crippen molar-refractivity contribution in [1.29, 1.82) is 0 Å². The molecule has 0 aliphatic carbocycles. The Hall–Kier alpha value is -1.59. The van der Waals surface area contributed by atoms with Crippen LogP contribution in [-0.4, -0.2) is 31.4 Å². The van der Waals surface area contributed by atoms with Crippen molar-refractivity contribution in [3.8, 4) is 0 Å². The molecule has 1 aromatic rings. The molecule has 6 heteroatoms. The van der Waals surface area contributed by atoms with E-state index in [-0.39, 0.29) is 24.2 Å². The third kappa shape index (κ3) is 7.04. The van der Waals surface area contributed by atoms with E-state index in [4.69, 9.17) is 5.73 Å². The Balaban J connectivity index is 0.00000312. The molecule has 2 rings (SSSR count). The van der Waals surface area contributed by atoms with Crippen LogP contribution in [0, 0.1) is 0 Å². The second-order valence-corrected chi connectivity index (χ2v) is 6.33. The summed E-state index contributed by atoms with van der Waals surface area (Å²) in [5, 5.41) is 2.90. The van der Waals surface area contributed by atoms with Gasteiger partial charge in [-0.15, -0.1) is 12.4 Å². The quantitative estimate of drug-likeness (QED) is 0.624. The zero-order valence-corrected chi connectivity index (χ0v) is 15.7. The van der Waals surface area contributed by atoms with Crippen LogP contribution in [0.25, 0.3) is 0 Å². The number of hydrogen-bond acceptors (Lipinski definition) is 3. The minimum Gasteiger partial charge on any atom is -0.356 e. The van der Waals surface area contributed by atoms with Crippen LogP contribution >= 0.6 is 12.4 Å². The third-order valence-corrected chi connectivity index (χ3v) is 4.44. The number of amides is 2. The van der Waals surface area contributed by atoms with Gasteiger partial charge in [0.2, 0.25) is 11.8 Å². The minimum atomic E-state index is 0. The lowest BCUT2D eigenvalue weighted by molar-refractivity contribution is -0.122. The van der Waals surface area contributed by atoms with E-state index in [9.17, 15) is 9.59 Å². The van der Waals surface area contributed by atoms with Crippen molar-refractivity contribution < 1.29 is 9.59 Å². The van der Waals surface area contributed by atoms with Gasteiger partial charge in [0.25, 0.3) is 0 Å². The lowest BCUT2D eigenvalue weighted by Crippen LogP contribution is -2.30. The van der Waals surface area contributed by atoms with Crippen LogP contribution in [-0.2, 0) is 16.0 Å². The number of rotatable bonds is 10. The second-order valence-electron chi connectivity index (χ2n) is 6.33. The van der Waals surface area contributed by atoms with E-state index in [1.54, 1.807) is 0 Å². The van der Waals surface area contributed by atoms with Gasteiger partial charge < -0.3 is 16.0 Å². The topological polar surface area (TPSA) is 75.4 Å². The Morgan fingerprint density at radius 3 is 2.60 bits per heavy atom. The lowest BCUT2D eigenvalue weighted by atomic mass is 10.1. The Kier molecular flexibility index (Phi) is 10.2. The van der Waals surface area contributed by atoms with Gasteiger partial charge in [0.15, 0.2) is 0 Å². The van der Waals surface area contributed by atoms with Gasteiger partial charge in [0.1, 0.15) is 0 Å². The first-order valence-electron chi connectivity index (χ1n) is 9.07. The zero-order chi connectivity index (χ0) is 17.2. The standard InChI is InChI=1S/C19H29N3O2.ClH/c20-13-6-2-1-3-10-18(23)21-14-7-11-19(24)22-15-12-16-8-4-5-9-17(16)22;/h4-5,8-9H,1-3,6-7,10-15,20H2,(H,21,23);1H. The molecule has 140 valence electrons. The van der Waals surface area contributed by atoms with Gasteiger partial charge in [-0.25, -0.2) is 0 Å². The number of nitrogens with one attached hydrogen (secondary N) is 1. The monoisotopic (exact) mass is 367 g/mol. The van der Waals surface area contributed by atoms with Crippen molar-refractivity contribution in [2.75, 3.05) is 24.5 Å². The van der Waals surface area contributed by atoms with Crippen molar-refractivity contribution >= 4 is 29.9 Å². The van der Waals surface area contributed by atoms with Crippen molar-refractivity contribution in [3.63, 3.8) is 0 Å². The second kappa shape index (κ2) is 11.9. The SMILES string of the molecule is Cl.NCCCCCCC(=O)NCCCC(=O)N1CCc2ccccc21. The van der Waals surface area contributed by atoms with Crippen LogP contribution < -0.4 is 16.0 Å². The highest BCUT2D eigenvalue weighted by Crippen LogP contribution is 2.27. The third-order valence-electron chi connectivity index (χ3n) is 4.44. The van der Waals surface area contributed by atoms with Gasteiger partial charge in [-0.05, 0) is 43.9 Å². The van der Waals surface area contributed by atoms with Gasteiger partial charge in [0, 0.05) is 31.6 Å². The molecule has 1 aromatic carbocycles. The van der Waals surface area contributed by atoms with Crippen LogP contribution in [0.15, 0.2) is 24.3 Å². The fourth-order valence-electron chi connectivity index (χ4n) is 3.07. The molecule has 1 aliphatic heterocycles. The number of fused-ring (bicyclic) bond motifs is 1. The summed E-state index contributed by atoms with van der Waals surface area (Å²) in [5.74, 6) is 0.234. The number of anilines is 1. The lowest BCUT2D eigenvalue weighted by Gasteiger charge is -2.17. The van der Waals surface area contributed by atoms with E-state index in [1.165, 1.54) is 5.56 Å². The van der Waals surface area contributed by atoms with E-state index in [0.717, 1.165) is 50.9 Å². The van der Waals surface area contributed by atoms with Crippen LogP contribution in [0.3, 0.4) is 0 Å². The first-order valence-corrected chi connectivity index (χ1v) is 9.07. The number of nitrogens with zero attached hydrogens (tertiary/aromatic N) is 1. The summed E-state index contributed by atoms with van der Waals surface area (Å²) >= 11 is 0. The summed E-state index contributed by atoms with van der Waals surface area (Å²) in [4.78, 5) is 25.9. The highest BCUT2D eigenvalue weighted by molar-refractivity contribution is 5.95. The maximum Gasteiger partial charge on any atom is 0.227 e. The Morgan fingerprint density at radius 1 is 1.04 bits per heavy atom. The predicted octanol–water partition coefficient (Wildman–Crippen LogP) is 2.80. The zero-order valence-electron chi connectivity index (χ0n) is 14.8. The first kappa shape index (κ1) is 21.5. The van der Waals surface area contributed by atoms with Gasteiger partial charge in [-0.3, -0.25) is 9.59 Å². The molecule has 0 saturated carbocycles. The molecule has 0 unspecified atom stereocenters. The molecule has 0 spiro atoms. The molecule has 0 bridgehead atoms. The number of carbonyl (C=O) groups is 2. The molecule has 3 N–H and O–H groups in total. The predicted molar refractivity (Wildman–Crippen MR) is 104 cm³/mol. The molecule has 0 aromatic heterocycles. The fraction of sp³-hybridized carbons (Fsp3) is 0.579. The van der Waals surface area contributed by atoms with E-state index in [0.29, 0.717) is 25.8 Å². The van der Waals surface area contributed by atoms with Crippen LogP contribution in [0.5, 0.6) is 0 Å². The number of carbonyl (C=O) groups excluding carboxylic acids is 2. The van der Waals surface area contributed by atoms with Gasteiger partial charge in [-0.1, -0.05) is 31.0 Å². The highest BCUT2D eigenvalue weighted by atomic mass is 35.5. The van der Waals surface area contributed by atoms with Crippen LogP contribution in [0.1, 0.15) is 50.5 Å². The summed E-state index contributed by atoms with van der Waals surface area (Å²) in [7, 11) is 0. The largest absolute Gasteiger partial charge is 0.356 e. The van der Waals surface area contributed by atoms with E-state index >= 15 is 0 Å². The van der Waals surface area contributed by atoms with Crippen molar-refractivity contribution in [2.45, 2.75) is 51.4 Å². The number of para-hydroxylation sites is 1. The number of benzene rings is 1. The molecule has 1 aliphatic rings. The number of hydrogen-bond donors (Lipinski definition) is 2. The maximum absolute atomic E-state index is 12.3. The van der Waals surface area contributed by atoms with Gasteiger partial charge >= 0.3 is 0 Å². The minimum absolute atomic E-state index is 0. The molecule has 0 saturated heterocycles. The Bertz CT molecular complexity index is 551. The van der Waals surface area contributed by atoms with E-state index in [2.05, 4.69) is 11.4 Å². The van der Waals surface area contributed by atoms with E-state index in [1.807, 2.05) is 23.1 Å². The van der Waals surface area contributed by atoms with Crippen molar-refractivity contribution in [2.24, 2.45) is 5.73 Å². The fourth-order valence-corrected chi connectivity index (χ4v) is 3.07. The van der Waals surface area contributed by atoms with Crippen LogP contribution in [0.2, 0.25) is 0 Å². The molecule has 0 fully saturated rings. The average molecular weight is 368 g/mol. The molecule has 5 nitrogen and oxygen atoms in total. The summed E-state index contributed by atoms with van der Waals surface area (Å²) < 4.78 is 0. The number of unbranched alkanes of at least 4 members (excludes halogenated alkanes) is 3. The smallest absolute Gasteiger partial charge is 0.227 e. The molecule has 0 atom stereocenters. The van der Waals surface area contributed by atoms with Gasteiger partial charge in [0.05, 0.1) is 0 Å². The summed E-state index contributed by atoms with van der Waals surface area (Å²) in [6.45, 7) is 2.07. The van der Waals surface area contributed by atoms with Crippen LogP contribution in [0.4, 0.5) is 5.69 Å². The molecule has 25 heavy (non-hydrogen) atoms. The summed E-state index contributed by atoms with van der Waals surface area (Å²) in [5.41, 5.74) is 7.73. The van der Waals surface area contributed by atoms with Crippen molar-refractivity contribution in [3.05, 3.63) is 29.8 Å². The highest BCUT2D eigenvalue weighted by Gasteiger charge is 2.23. The first-order chi connectivity index (χ1) is 11.7. The summed E-state index contributed by atoms with van der Waals surface area (Å²) in [6.07, 6.45) is 6.76. The molecular formula is C19H30ClN3O2. The van der Waals surface area contributed by atoms with Crippen molar-refractivity contribution in [1.82, 2.24) is 5.32 Å². The maximum atomic E-state index is 12.3. The summed E-state index contributed by atoms with van der Waals surface area (Å²) in [6, 6.07) is 8.07. The Morgan fingerprint density at radius 2 is 1.80 bits per heavy atom. The molecule has 0 radical (unpaired) electrons. The normalized spacial score (nSPS) is 12.4. The average Bonchev–Trinajstić information content (AvgIpc) is 3.02. The van der Waals surface area contributed by atoms with Gasteiger partial charge in [-0.2, -0.15) is 0 Å². The van der Waals surface area contributed by atoms with E-state index < -0.39 is 0 Å². The molecule has 1 heterocycles.